The molecule has 1 aromatic heterocycles. The largest absolute Gasteiger partial charge is 0.480 e. The van der Waals surface area contributed by atoms with E-state index in [1.165, 1.54) is 11.3 Å². The van der Waals surface area contributed by atoms with E-state index in [1.54, 1.807) is 12.3 Å². The van der Waals surface area contributed by atoms with Gasteiger partial charge in [0.1, 0.15) is 0 Å². The van der Waals surface area contributed by atoms with Crippen molar-refractivity contribution < 1.29 is 19.8 Å². The molecule has 0 bridgehead atoms. The van der Waals surface area contributed by atoms with Crippen molar-refractivity contribution in [2.45, 2.75) is 19.9 Å². The van der Waals surface area contributed by atoms with Gasteiger partial charge in [-0.25, -0.2) is 4.79 Å². The lowest BCUT2D eigenvalue weighted by atomic mass is 10.1. The first-order valence-electron chi connectivity index (χ1n) is 4.66. The van der Waals surface area contributed by atoms with Crippen LogP contribution in [0.5, 0.6) is 0 Å². The topological polar surface area (TPSA) is 86.6 Å². The average molecular weight is 243 g/mol. The van der Waals surface area contributed by atoms with Gasteiger partial charge in [0.05, 0.1) is 12.2 Å². The summed E-state index contributed by atoms with van der Waals surface area (Å²) in [5.74, 6) is -1.72. The summed E-state index contributed by atoms with van der Waals surface area (Å²) in [7, 11) is 0. The zero-order valence-corrected chi connectivity index (χ0v) is 9.80. The number of carbonyl (C=O) groups excluding carboxylic acids is 1. The first-order valence-corrected chi connectivity index (χ1v) is 5.54. The van der Waals surface area contributed by atoms with Crippen molar-refractivity contribution in [1.82, 2.24) is 5.32 Å². The molecule has 1 heterocycles. The molecule has 0 radical (unpaired) electrons. The molecule has 0 fully saturated rings. The summed E-state index contributed by atoms with van der Waals surface area (Å²) < 4.78 is 0. The van der Waals surface area contributed by atoms with Gasteiger partial charge >= 0.3 is 5.97 Å². The first kappa shape index (κ1) is 12.7. The molecule has 1 aromatic rings. The van der Waals surface area contributed by atoms with E-state index in [0.29, 0.717) is 5.56 Å². The number of carbonyl (C=O) groups is 2. The molecule has 6 heteroatoms. The third kappa shape index (κ3) is 2.59. The Hall–Kier alpha value is -1.40. The quantitative estimate of drug-likeness (QED) is 0.720. The predicted molar refractivity (Wildman–Crippen MR) is 59.8 cm³/mol. The average Bonchev–Trinajstić information content (AvgIpc) is 2.55. The maximum Gasteiger partial charge on any atom is 0.328 e. The number of hydrogen-bond acceptors (Lipinski definition) is 4. The minimum absolute atomic E-state index is 0.460. The summed E-state index contributed by atoms with van der Waals surface area (Å²) in [5, 5.41) is 21.4. The molecular weight excluding hydrogens is 230 g/mol. The van der Waals surface area contributed by atoms with Crippen molar-refractivity contribution in [3.05, 3.63) is 21.4 Å². The molecule has 0 aliphatic heterocycles. The van der Waals surface area contributed by atoms with Crippen LogP contribution in [-0.4, -0.2) is 34.7 Å². The van der Waals surface area contributed by atoms with Crippen molar-refractivity contribution in [3.63, 3.8) is 0 Å². The molecule has 0 saturated carbocycles. The Morgan fingerprint density at radius 2 is 2.12 bits per heavy atom. The highest BCUT2D eigenvalue weighted by Crippen LogP contribution is 2.20. The van der Waals surface area contributed by atoms with E-state index in [0.717, 1.165) is 10.4 Å². The molecule has 1 atom stereocenters. The fraction of sp³-hybridized carbons (Fsp3) is 0.400. The Morgan fingerprint density at radius 1 is 1.50 bits per heavy atom. The lowest BCUT2D eigenvalue weighted by Gasteiger charge is -2.11. The number of aryl methyl sites for hydroxylation is 1. The highest BCUT2D eigenvalue weighted by Gasteiger charge is 2.21. The van der Waals surface area contributed by atoms with Crippen LogP contribution in [0.15, 0.2) is 5.38 Å². The van der Waals surface area contributed by atoms with Gasteiger partial charge in [-0.05, 0) is 19.4 Å². The van der Waals surface area contributed by atoms with Gasteiger partial charge in [0.2, 0.25) is 0 Å². The van der Waals surface area contributed by atoms with E-state index in [-0.39, 0.29) is 0 Å². The SMILES string of the molecule is Cc1scc(C(=O)NC(CO)C(=O)O)c1C. The van der Waals surface area contributed by atoms with Crippen molar-refractivity contribution in [1.29, 1.82) is 0 Å². The smallest absolute Gasteiger partial charge is 0.328 e. The lowest BCUT2D eigenvalue weighted by molar-refractivity contribution is -0.140. The molecule has 5 nitrogen and oxygen atoms in total. The Bertz CT molecular complexity index is 413. The molecule has 16 heavy (non-hydrogen) atoms. The van der Waals surface area contributed by atoms with Gasteiger partial charge in [-0.2, -0.15) is 0 Å². The lowest BCUT2D eigenvalue weighted by Crippen LogP contribution is -2.43. The Balaban J connectivity index is 2.80. The number of aliphatic carboxylic acids is 1. The van der Waals surface area contributed by atoms with E-state index < -0.39 is 24.5 Å². The van der Waals surface area contributed by atoms with Crippen LogP contribution in [0.3, 0.4) is 0 Å². The molecule has 3 N–H and O–H groups in total. The number of nitrogens with one attached hydrogen (secondary N) is 1. The van der Waals surface area contributed by atoms with Crippen molar-refractivity contribution in [2.75, 3.05) is 6.61 Å². The molecule has 1 unspecified atom stereocenters. The summed E-state index contributed by atoms with van der Waals surface area (Å²) in [6.07, 6.45) is 0. The molecule has 0 aliphatic rings. The summed E-state index contributed by atoms with van der Waals surface area (Å²) >= 11 is 1.43. The van der Waals surface area contributed by atoms with E-state index >= 15 is 0 Å². The molecule has 0 aliphatic carbocycles. The second-order valence-corrected chi connectivity index (χ2v) is 4.46. The number of aliphatic hydroxyl groups is 1. The van der Waals surface area contributed by atoms with Crippen LogP contribution in [0.1, 0.15) is 20.8 Å². The zero-order valence-electron chi connectivity index (χ0n) is 8.98. The van der Waals surface area contributed by atoms with Crippen LogP contribution in [0.4, 0.5) is 0 Å². The van der Waals surface area contributed by atoms with Gasteiger partial charge < -0.3 is 15.5 Å². The third-order valence-electron chi connectivity index (χ3n) is 2.32. The molecule has 1 rings (SSSR count). The Morgan fingerprint density at radius 3 is 2.50 bits per heavy atom. The van der Waals surface area contributed by atoms with Gasteiger partial charge in [-0.1, -0.05) is 0 Å². The molecule has 88 valence electrons. The fourth-order valence-corrected chi connectivity index (χ4v) is 2.02. The fourth-order valence-electron chi connectivity index (χ4n) is 1.16. The monoisotopic (exact) mass is 243 g/mol. The number of thiophene rings is 1. The summed E-state index contributed by atoms with van der Waals surface area (Å²) in [4.78, 5) is 23.3. The number of hydrogen-bond donors (Lipinski definition) is 3. The first-order chi connectivity index (χ1) is 7.47. The molecule has 1 amide bonds. The third-order valence-corrected chi connectivity index (χ3v) is 3.33. The van der Waals surface area contributed by atoms with Crippen LogP contribution >= 0.6 is 11.3 Å². The van der Waals surface area contributed by atoms with Crippen molar-refractivity contribution in [2.24, 2.45) is 0 Å². The van der Waals surface area contributed by atoms with Gasteiger partial charge in [-0.15, -0.1) is 11.3 Å². The molecule has 0 aromatic carbocycles. The predicted octanol–water partition coefficient (Wildman–Crippen LogP) is 0.540. The van der Waals surface area contributed by atoms with Gasteiger partial charge in [-0.3, -0.25) is 4.79 Å². The standard InChI is InChI=1S/C10H13NO4S/c1-5-6(2)16-4-7(5)9(13)11-8(3-12)10(14)15/h4,8,12H,3H2,1-2H3,(H,11,13)(H,14,15). The number of carboxylic acid groups (broad SMARTS) is 1. The van der Waals surface area contributed by atoms with E-state index in [9.17, 15) is 9.59 Å². The van der Waals surface area contributed by atoms with Gasteiger partial charge in [0, 0.05) is 10.3 Å². The maximum atomic E-state index is 11.7. The number of carboxylic acids is 1. The molecular formula is C10H13NO4S. The summed E-state index contributed by atoms with van der Waals surface area (Å²) in [6.45, 7) is 3.07. The van der Waals surface area contributed by atoms with Crippen LogP contribution in [0, 0.1) is 13.8 Å². The van der Waals surface area contributed by atoms with Crippen LogP contribution in [0.25, 0.3) is 0 Å². The minimum atomic E-state index is -1.26. The second kappa shape index (κ2) is 5.09. The maximum absolute atomic E-state index is 11.7. The molecule has 0 saturated heterocycles. The zero-order chi connectivity index (χ0) is 12.3. The summed E-state index contributed by atoms with van der Waals surface area (Å²) in [5.41, 5.74) is 1.30. The van der Waals surface area contributed by atoms with Crippen LogP contribution in [-0.2, 0) is 4.79 Å². The van der Waals surface area contributed by atoms with E-state index in [2.05, 4.69) is 5.32 Å². The van der Waals surface area contributed by atoms with Crippen molar-refractivity contribution in [3.8, 4) is 0 Å². The summed E-state index contributed by atoms with van der Waals surface area (Å²) in [6, 6.07) is -1.26. The Kier molecular flexibility index (Phi) is 4.03. The highest BCUT2D eigenvalue weighted by molar-refractivity contribution is 7.10. The van der Waals surface area contributed by atoms with Crippen LogP contribution < -0.4 is 5.32 Å². The normalized spacial score (nSPS) is 12.2. The number of rotatable bonds is 4. The number of amides is 1. The van der Waals surface area contributed by atoms with Gasteiger partial charge in [0.15, 0.2) is 6.04 Å². The van der Waals surface area contributed by atoms with E-state index in [4.69, 9.17) is 10.2 Å². The minimum Gasteiger partial charge on any atom is -0.480 e. The van der Waals surface area contributed by atoms with Gasteiger partial charge in [0.25, 0.3) is 5.91 Å². The van der Waals surface area contributed by atoms with Crippen molar-refractivity contribution >= 4 is 23.2 Å². The Labute approximate surface area is 96.7 Å². The highest BCUT2D eigenvalue weighted by atomic mass is 32.1. The second-order valence-electron chi connectivity index (χ2n) is 3.38. The van der Waals surface area contributed by atoms with E-state index in [1.807, 2.05) is 6.92 Å². The number of aliphatic hydroxyl groups excluding tert-OH is 1. The van der Waals surface area contributed by atoms with Crippen LogP contribution in [0.2, 0.25) is 0 Å². The molecule has 0 spiro atoms.